The van der Waals surface area contributed by atoms with Gasteiger partial charge in [-0.25, -0.2) is 9.97 Å². The minimum atomic E-state index is -4.36. The number of hydrogen-bond acceptors (Lipinski definition) is 7. The van der Waals surface area contributed by atoms with E-state index in [2.05, 4.69) is 30.8 Å². The van der Waals surface area contributed by atoms with E-state index < -0.39 is 11.7 Å². The fraction of sp³-hybridized carbons (Fsp3) is 0.357. The van der Waals surface area contributed by atoms with Gasteiger partial charge >= 0.3 is 6.18 Å². The Morgan fingerprint density at radius 1 is 0.950 bits per heavy atom. The van der Waals surface area contributed by atoms with Gasteiger partial charge in [-0.3, -0.25) is 19.4 Å². The normalized spacial score (nSPS) is 14.5. The third-order valence-electron chi connectivity index (χ3n) is 6.40. The molecule has 1 fully saturated rings. The number of anilines is 2. The second-order valence-electron chi connectivity index (χ2n) is 9.52. The van der Waals surface area contributed by atoms with Crippen molar-refractivity contribution in [2.24, 2.45) is 0 Å². The van der Waals surface area contributed by atoms with Crippen LogP contribution in [0.1, 0.15) is 18.1 Å². The predicted octanol–water partition coefficient (Wildman–Crippen LogP) is 3.47. The quantitative estimate of drug-likeness (QED) is 0.329. The average molecular weight is 556 g/mol. The van der Waals surface area contributed by atoms with Crippen LogP contribution in [0.25, 0.3) is 11.4 Å². The number of carbonyl (C=O) groups excluding carboxylic acids is 2. The van der Waals surface area contributed by atoms with E-state index >= 15 is 0 Å². The molecule has 2 aromatic carbocycles. The molecule has 0 saturated carbocycles. The Bertz CT molecular complexity index is 1310. The number of para-hydroxylation sites is 1. The minimum absolute atomic E-state index is 0.0983. The van der Waals surface area contributed by atoms with Gasteiger partial charge in [-0.1, -0.05) is 30.3 Å². The maximum Gasteiger partial charge on any atom is 0.416 e. The Kier molecular flexibility index (Phi) is 9.67. The number of alkyl halides is 3. The third-order valence-corrected chi connectivity index (χ3v) is 6.40. The molecular weight excluding hydrogens is 523 g/mol. The highest BCUT2D eigenvalue weighted by Crippen LogP contribution is 2.30. The largest absolute Gasteiger partial charge is 0.416 e. The molecule has 1 aromatic heterocycles. The third kappa shape index (κ3) is 8.48. The smallest absolute Gasteiger partial charge is 0.383 e. The number of hydrogen-bond donors (Lipinski definition) is 3. The van der Waals surface area contributed by atoms with Gasteiger partial charge in [0.2, 0.25) is 11.8 Å². The van der Waals surface area contributed by atoms with E-state index in [-0.39, 0.29) is 18.4 Å². The number of piperazine rings is 1. The molecule has 0 radical (unpaired) electrons. The Morgan fingerprint density at radius 2 is 1.70 bits per heavy atom. The van der Waals surface area contributed by atoms with Crippen molar-refractivity contribution < 1.29 is 22.8 Å². The molecule has 0 spiro atoms. The fourth-order valence-corrected chi connectivity index (χ4v) is 4.42. The Hall–Kier alpha value is -4.03. The lowest BCUT2D eigenvalue weighted by Crippen LogP contribution is -2.48. The van der Waals surface area contributed by atoms with Gasteiger partial charge in [-0.15, -0.1) is 0 Å². The van der Waals surface area contributed by atoms with Crippen LogP contribution in [0.15, 0.2) is 60.8 Å². The van der Waals surface area contributed by atoms with Crippen LogP contribution in [-0.2, 0) is 22.3 Å². The number of rotatable bonds is 10. The molecule has 0 aliphatic carbocycles. The van der Waals surface area contributed by atoms with E-state index in [1.54, 1.807) is 18.3 Å². The summed E-state index contributed by atoms with van der Waals surface area (Å²) in [6, 6.07) is 14.5. The highest BCUT2D eigenvalue weighted by Gasteiger charge is 2.30. The van der Waals surface area contributed by atoms with Gasteiger partial charge in [-0.05, 0) is 29.8 Å². The first kappa shape index (κ1) is 29.0. The van der Waals surface area contributed by atoms with Crippen molar-refractivity contribution in [1.82, 2.24) is 25.1 Å². The molecule has 4 rings (SSSR count). The summed E-state index contributed by atoms with van der Waals surface area (Å²) in [5, 5.41) is 8.84. The fourth-order valence-electron chi connectivity index (χ4n) is 4.42. The zero-order valence-electron chi connectivity index (χ0n) is 22.2. The van der Waals surface area contributed by atoms with Crippen molar-refractivity contribution in [2.45, 2.75) is 19.6 Å². The van der Waals surface area contributed by atoms with Crippen LogP contribution in [0.4, 0.5) is 24.7 Å². The molecule has 1 saturated heterocycles. The van der Waals surface area contributed by atoms with Crippen molar-refractivity contribution >= 4 is 23.3 Å². The summed E-state index contributed by atoms with van der Waals surface area (Å²) in [4.78, 5) is 36.8. The lowest BCUT2D eigenvalue weighted by molar-refractivity contribution is -0.137. The molecule has 1 aliphatic rings. The van der Waals surface area contributed by atoms with Crippen LogP contribution in [-0.4, -0.2) is 77.4 Å². The first-order valence-corrected chi connectivity index (χ1v) is 13.0. The molecule has 40 heavy (non-hydrogen) atoms. The van der Waals surface area contributed by atoms with Crippen molar-refractivity contribution in [3.63, 3.8) is 0 Å². The Balaban J connectivity index is 1.28. The number of benzene rings is 2. The molecule has 2 heterocycles. The summed E-state index contributed by atoms with van der Waals surface area (Å²) in [6.45, 7) is 5.61. The second kappa shape index (κ2) is 13.4. The monoisotopic (exact) mass is 555 g/mol. The summed E-state index contributed by atoms with van der Waals surface area (Å²) < 4.78 is 39.0. The van der Waals surface area contributed by atoms with E-state index in [4.69, 9.17) is 0 Å². The van der Waals surface area contributed by atoms with Crippen molar-refractivity contribution in [3.8, 4) is 11.4 Å². The maximum atomic E-state index is 13.0. The molecule has 1 aliphatic heterocycles. The second-order valence-corrected chi connectivity index (χ2v) is 9.52. The van der Waals surface area contributed by atoms with Crippen LogP contribution in [0, 0.1) is 0 Å². The number of nitrogens with one attached hydrogen (secondary N) is 3. The van der Waals surface area contributed by atoms with Gasteiger partial charge in [0.25, 0.3) is 0 Å². The highest BCUT2D eigenvalue weighted by atomic mass is 19.4. The van der Waals surface area contributed by atoms with Crippen LogP contribution in [0.2, 0.25) is 0 Å². The molecule has 2 amide bonds. The zero-order chi connectivity index (χ0) is 28.5. The number of halogens is 3. The SMILES string of the molecule is CC(=O)NCCNc1ccccc1-c1nccc(NC(=O)CN2CCN(Cc3cccc(C(F)(F)F)c3)CC2)n1. The highest BCUT2D eigenvalue weighted by molar-refractivity contribution is 5.91. The lowest BCUT2D eigenvalue weighted by atomic mass is 10.1. The molecule has 9 nitrogen and oxygen atoms in total. The number of nitrogens with zero attached hydrogens (tertiary/aromatic N) is 4. The summed E-state index contributed by atoms with van der Waals surface area (Å²) in [5.41, 5.74) is 1.54. The number of carbonyl (C=O) groups is 2. The molecule has 0 unspecified atom stereocenters. The molecule has 0 atom stereocenters. The van der Waals surface area contributed by atoms with Crippen molar-refractivity contribution in [3.05, 3.63) is 71.9 Å². The predicted molar refractivity (Wildman–Crippen MR) is 146 cm³/mol. The maximum absolute atomic E-state index is 13.0. The van der Waals surface area contributed by atoms with E-state index in [1.165, 1.54) is 19.1 Å². The van der Waals surface area contributed by atoms with Crippen LogP contribution in [0.5, 0.6) is 0 Å². The molecular formula is C28H32F3N7O2. The summed E-state index contributed by atoms with van der Waals surface area (Å²) in [5.74, 6) is 0.520. The van der Waals surface area contributed by atoms with Crippen LogP contribution in [0.3, 0.4) is 0 Å². The lowest BCUT2D eigenvalue weighted by Gasteiger charge is -2.34. The molecule has 3 aromatic rings. The molecule has 3 N–H and O–H groups in total. The van der Waals surface area contributed by atoms with Gasteiger partial charge < -0.3 is 16.0 Å². The summed E-state index contributed by atoms with van der Waals surface area (Å²) >= 11 is 0. The molecule has 212 valence electrons. The van der Waals surface area contributed by atoms with Gasteiger partial charge in [-0.2, -0.15) is 13.2 Å². The van der Waals surface area contributed by atoms with Gasteiger partial charge in [0.05, 0.1) is 12.1 Å². The van der Waals surface area contributed by atoms with E-state index in [9.17, 15) is 22.8 Å². The van der Waals surface area contributed by atoms with E-state index in [0.29, 0.717) is 63.0 Å². The molecule has 0 bridgehead atoms. The Labute approximate surface area is 230 Å². The number of aromatic nitrogens is 2. The van der Waals surface area contributed by atoms with E-state index in [0.717, 1.165) is 17.3 Å². The first-order valence-electron chi connectivity index (χ1n) is 13.0. The zero-order valence-corrected chi connectivity index (χ0v) is 22.2. The first-order chi connectivity index (χ1) is 19.2. The van der Waals surface area contributed by atoms with Crippen molar-refractivity contribution in [1.29, 1.82) is 0 Å². The van der Waals surface area contributed by atoms with Crippen LogP contribution >= 0.6 is 0 Å². The Morgan fingerprint density at radius 3 is 2.45 bits per heavy atom. The van der Waals surface area contributed by atoms with Gasteiger partial charge in [0, 0.05) is 70.2 Å². The molecule has 12 heteroatoms. The van der Waals surface area contributed by atoms with Gasteiger partial charge in [0.15, 0.2) is 5.82 Å². The van der Waals surface area contributed by atoms with Gasteiger partial charge in [0.1, 0.15) is 5.82 Å². The van der Waals surface area contributed by atoms with E-state index in [1.807, 2.05) is 29.2 Å². The topological polar surface area (TPSA) is 102 Å². The summed E-state index contributed by atoms with van der Waals surface area (Å²) in [7, 11) is 0. The number of amides is 2. The average Bonchev–Trinajstić information content (AvgIpc) is 2.92. The summed E-state index contributed by atoms with van der Waals surface area (Å²) in [6.07, 6.45) is -2.78. The standard InChI is InChI=1S/C28H32F3N7O2/c1-20(39)32-11-12-33-24-8-3-2-7-23(24)27-34-10-9-25(36-27)35-26(40)19-38-15-13-37(14-16-38)18-21-5-4-6-22(17-21)28(29,30)31/h2-10,17,33H,11-16,18-19H2,1H3,(H,32,39)(H,34,35,36,40). The minimum Gasteiger partial charge on any atom is -0.383 e. The van der Waals surface area contributed by atoms with Crippen molar-refractivity contribution in [2.75, 3.05) is 56.4 Å². The van der Waals surface area contributed by atoms with Crippen LogP contribution < -0.4 is 16.0 Å².